The van der Waals surface area contributed by atoms with E-state index in [1.165, 1.54) is 0 Å². The Morgan fingerprint density at radius 2 is 2.29 bits per heavy atom. The average molecular weight is 255 g/mol. The van der Waals surface area contributed by atoms with Gasteiger partial charge in [-0.25, -0.2) is 4.98 Å². The van der Waals surface area contributed by atoms with Gasteiger partial charge in [-0.2, -0.15) is 0 Å². The molecular weight excluding hydrogens is 244 g/mol. The van der Waals surface area contributed by atoms with E-state index in [4.69, 9.17) is 21.1 Å². The molecule has 6 nitrogen and oxygen atoms in total. The maximum atomic E-state index is 5.87. The lowest BCUT2D eigenvalue weighted by Crippen LogP contribution is -2.24. The van der Waals surface area contributed by atoms with Crippen LogP contribution in [-0.2, 0) is 9.47 Å². The van der Waals surface area contributed by atoms with Crippen molar-refractivity contribution in [3.05, 3.63) is 22.9 Å². The van der Waals surface area contributed by atoms with Gasteiger partial charge in [0, 0.05) is 6.07 Å². The molecule has 0 N–H and O–H groups in total. The molecule has 90 valence electrons. The molecule has 0 spiro atoms. The van der Waals surface area contributed by atoms with Crippen LogP contribution in [0.3, 0.4) is 0 Å². The number of nitrogens with zero attached hydrogens (tertiary/aromatic N) is 4. The Kier molecular flexibility index (Phi) is 2.70. The Labute approximate surface area is 103 Å². The van der Waals surface area contributed by atoms with E-state index in [0.29, 0.717) is 36.4 Å². The van der Waals surface area contributed by atoms with Crippen molar-refractivity contribution >= 4 is 17.2 Å². The van der Waals surface area contributed by atoms with Gasteiger partial charge in [0.15, 0.2) is 11.5 Å². The predicted molar refractivity (Wildman–Crippen MR) is 60.0 cm³/mol. The molecule has 0 aliphatic carbocycles. The maximum absolute atomic E-state index is 5.87. The second kappa shape index (κ2) is 4.21. The molecule has 1 fully saturated rings. The molecule has 2 aromatic rings. The van der Waals surface area contributed by atoms with Crippen LogP contribution in [0.4, 0.5) is 0 Å². The highest BCUT2D eigenvalue weighted by molar-refractivity contribution is 6.29. The minimum absolute atomic E-state index is 0.194. The first-order valence-corrected chi connectivity index (χ1v) is 5.71. The van der Waals surface area contributed by atoms with E-state index >= 15 is 0 Å². The number of aryl methyl sites for hydroxylation is 1. The lowest BCUT2D eigenvalue weighted by Gasteiger charge is -2.21. The number of aromatic nitrogens is 4. The number of rotatable bonds is 1. The first-order chi connectivity index (χ1) is 8.25. The molecule has 17 heavy (non-hydrogen) atoms. The van der Waals surface area contributed by atoms with Crippen molar-refractivity contribution in [1.82, 2.24) is 19.6 Å². The Hall–Kier alpha value is -1.24. The highest BCUT2D eigenvalue weighted by atomic mass is 35.5. The highest BCUT2D eigenvalue weighted by Crippen LogP contribution is 2.21. The van der Waals surface area contributed by atoms with Crippen LogP contribution in [0, 0.1) is 6.92 Å². The lowest BCUT2D eigenvalue weighted by molar-refractivity contribution is -0.0939. The molecule has 1 atom stereocenters. The molecule has 0 amide bonds. The largest absolute Gasteiger partial charge is 0.376 e. The second-order valence-electron chi connectivity index (χ2n) is 3.81. The summed E-state index contributed by atoms with van der Waals surface area (Å²) >= 11 is 5.87. The summed E-state index contributed by atoms with van der Waals surface area (Å²) < 4.78 is 12.8. The van der Waals surface area contributed by atoms with Gasteiger partial charge < -0.3 is 9.47 Å². The molecular formula is C10H11ClN4O2. The summed E-state index contributed by atoms with van der Waals surface area (Å²) in [4.78, 5) is 4.18. The van der Waals surface area contributed by atoms with Gasteiger partial charge in [0.05, 0.1) is 19.8 Å². The van der Waals surface area contributed by atoms with Crippen molar-refractivity contribution < 1.29 is 9.47 Å². The SMILES string of the molecule is Cc1nc(Cl)cc2nnc(C3COCCO3)n12. The van der Waals surface area contributed by atoms with Crippen molar-refractivity contribution in [2.24, 2.45) is 0 Å². The minimum atomic E-state index is -0.194. The van der Waals surface area contributed by atoms with Crippen LogP contribution in [-0.4, -0.2) is 39.4 Å². The van der Waals surface area contributed by atoms with Crippen LogP contribution in [0.1, 0.15) is 17.8 Å². The number of fused-ring (bicyclic) bond motifs is 1. The molecule has 0 bridgehead atoms. The first-order valence-electron chi connectivity index (χ1n) is 5.33. The average Bonchev–Trinajstić information content (AvgIpc) is 2.74. The van der Waals surface area contributed by atoms with Gasteiger partial charge in [0.25, 0.3) is 0 Å². The third-order valence-electron chi connectivity index (χ3n) is 2.66. The van der Waals surface area contributed by atoms with Crippen molar-refractivity contribution in [2.75, 3.05) is 19.8 Å². The third kappa shape index (κ3) is 1.88. The van der Waals surface area contributed by atoms with Crippen molar-refractivity contribution in [1.29, 1.82) is 0 Å². The Balaban J connectivity index is 2.10. The predicted octanol–water partition coefficient (Wildman–Crippen LogP) is 1.17. The van der Waals surface area contributed by atoms with Crippen molar-refractivity contribution in [3.8, 4) is 0 Å². The first kappa shape index (κ1) is 10.9. The number of hydrogen-bond donors (Lipinski definition) is 0. The fourth-order valence-corrected chi connectivity index (χ4v) is 2.14. The zero-order valence-electron chi connectivity index (χ0n) is 9.26. The molecule has 0 radical (unpaired) electrons. The monoisotopic (exact) mass is 254 g/mol. The smallest absolute Gasteiger partial charge is 0.170 e. The van der Waals surface area contributed by atoms with E-state index in [0.717, 1.165) is 5.82 Å². The molecule has 7 heteroatoms. The molecule has 0 aromatic carbocycles. The molecule has 1 aliphatic heterocycles. The molecule has 1 saturated heterocycles. The molecule has 1 aliphatic rings. The topological polar surface area (TPSA) is 61.5 Å². The summed E-state index contributed by atoms with van der Waals surface area (Å²) in [6.07, 6.45) is -0.194. The zero-order chi connectivity index (χ0) is 11.8. The fourth-order valence-electron chi connectivity index (χ4n) is 1.92. The minimum Gasteiger partial charge on any atom is -0.376 e. The number of halogens is 1. The van der Waals surface area contributed by atoms with Gasteiger partial charge in [0.2, 0.25) is 0 Å². The summed E-state index contributed by atoms with van der Waals surface area (Å²) in [5, 5.41) is 8.61. The van der Waals surface area contributed by atoms with E-state index in [2.05, 4.69) is 15.2 Å². The summed E-state index contributed by atoms with van der Waals surface area (Å²) in [6, 6.07) is 1.68. The maximum Gasteiger partial charge on any atom is 0.170 e. The Morgan fingerprint density at radius 3 is 3.06 bits per heavy atom. The van der Waals surface area contributed by atoms with Crippen LogP contribution < -0.4 is 0 Å². The summed E-state index contributed by atoms with van der Waals surface area (Å²) in [7, 11) is 0. The Morgan fingerprint density at radius 1 is 1.41 bits per heavy atom. The van der Waals surface area contributed by atoms with Gasteiger partial charge in [-0.15, -0.1) is 10.2 Å². The van der Waals surface area contributed by atoms with E-state index in [-0.39, 0.29) is 6.10 Å². The van der Waals surface area contributed by atoms with E-state index < -0.39 is 0 Å². The summed E-state index contributed by atoms with van der Waals surface area (Å²) in [5.41, 5.74) is 0.673. The van der Waals surface area contributed by atoms with Crippen LogP contribution >= 0.6 is 11.6 Å². The van der Waals surface area contributed by atoms with Crippen molar-refractivity contribution in [2.45, 2.75) is 13.0 Å². The van der Waals surface area contributed by atoms with Gasteiger partial charge in [-0.1, -0.05) is 11.6 Å². The number of hydrogen-bond acceptors (Lipinski definition) is 5. The zero-order valence-corrected chi connectivity index (χ0v) is 10.0. The highest BCUT2D eigenvalue weighted by Gasteiger charge is 2.23. The molecule has 1 unspecified atom stereocenters. The third-order valence-corrected chi connectivity index (χ3v) is 2.85. The molecule has 2 aromatic heterocycles. The van der Waals surface area contributed by atoms with Gasteiger partial charge in [-0.3, -0.25) is 4.40 Å². The normalized spacial score (nSPS) is 20.9. The van der Waals surface area contributed by atoms with Crippen LogP contribution in [0.2, 0.25) is 5.15 Å². The lowest BCUT2D eigenvalue weighted by atomic mass is 10.3. The standard InChI is InChI=1S/C10H11ClN4O2/c1-6-12-8(11)4-9-13-14-10(15(6)9)7-5-16-2-3-17-7/h4,7H,2-3,5H2,1H3. The molecule has 0 saturated carbocycles. The van der Waals surface area contributed by atoms with E-state index in [9.17, 15) is 0 Å². The molecule has 3 rings (SSSR count). The fraction of sp³-hybridized carbons (Fsp3) is 0.500. The summed E-state index contributed by atoms with van der Waals surface area (Å²) in [6.45, 7) is 3.54. The Bertz CT molecular complexity index is 550. The second-order valence-corrected chi connectivity index (χ2v) is 4.20. The number of ether oxygens (including phenoxy) is 2. The van der Waals surface area contributed by atoms with Crippen LogP contribution in [0.15, 0.2) is 6.07 Å². The van der Waals surface area contributed by atoms with Gasteiger partial charge in [-0.05, 0) is 6.92 Å². The molecule has 3 heterocycles. The van der Waals surface area contributed by atoms with Gasteiger partial charge in [0.1, 0.15) is 17.1 Å². The van der Waals surface area contributed by atoms with Crippen molar-refractivity contribution in [3.63, 3.8) is 0 Å². The summed E-state index contributed by atoms with van der Waals surface area (Å²) in [5.74, 6) is 1.45. The van der Waals surface area contributed by atoms with E-state index in [1.54, 1.807) is 6.07 Å². The van der Waals surface area contributed by atoms with Gasteiger partial charge >= 0.3 is 0 Å². The quantitative estimate of drug-likeness (QED) is 0.715. The van der Waals surface area contributed by atoms with Crippen LogP contribution in [0.5, 0.6) is 0 Å². The van der Waals surface area contributed by atoms with E-state index in [1.807, 2.05) is 11.3 Å². The van der Waals surface area contributed by atoms with Crippen LogP contribution in [0.25, 0.3) is 5.65 Å².